The lowest BCUT2D eigenvalue weighted by Crippen LogP contribution is -2.35. The van der Waals surface area contributed by atoms with Gasteiger partial charge in [0.25, 0.3) is 0 Å². The van der Waals surface area contributed by atoms with Crippen molar-refractivity contribution in [3.05, 3.63) is 35.9 Å². The molecular formula is C14H21NS. The smallest absolute Gasteiger partial charge is 0.0320 e. The zero-order chi connectivity index (χ0) is 11.2. The maximum absolute atomic E-state index is 3.81. The third-order valence-electron chi connectivity index (χ3n) is 3.27. The molecule has 0 radical (unpaired) electrons. The minimum Gasteiger partial charge on any atom is -0.307 e. The molecule has 0 aromatic heterocycles. The quantitative estimate of drug-likeness (QED) is 0.855. The van der Waals surface area contributed by atoms with Crippen LogP contribution < -0.4 is 5.32 Å². The molecule has 1 aliphatic heterocycles. The fraction of sp³-hybridized carbons (Fsp3) is 0.571. The molecule has 1 saturated heterocycles. The second-order valence-corrected chi connectivity index (χ2v) is 5.65. The summed E-state index contributed by atoms with van der Waals surface area (Å²) in [5, 5.41) is 3.81. The lowest BCUT2D eigenvalue weighted by molar-refractivity contribution is 0.406. The van der Waals surface area contributed by atoms with E-state index in [0.717, 1.165) is 6.04 Å². The van der Waals surface area contributed by atoms with Gasteiger partial charge >= 0.3 is 0 Å². The molecule has 0 bridgehead atoms. The zero-order valence-electron chi connectivity index (χ0n) is 9.99. The first-order chi connectivity index (χ1) is 7.90. The molecule has 1 aliphatic rings. The third kappa shape index (κ3) is 3.26. The third-order valence-corrected chi connectivity index (χ3v) is 4.32. The predicted molar refractivity (Wildman–Crippen MR) is 73.0 cm³/mol. The number of rotatable bonds is 4. The van der Waals surface area contributed by atoms with E-state index in [1.165, 1.54) is 36.3 Å². The molecule has 2 rings (SSSR count). The van der Waals surface area contributed by atoms with Gasteiger partial charge in [0.2, 0.25) is 0 Å². The van der Waals surface area contributed by atoms with Crippen molar-refractivity contribution >= 4 is 11.8 Å². The van der Waals surface area contributed by atoms with Gasteiger partial charge in [-0.3, -0.25) is 0 Å². The van der Waals surface area contributed by atoms with Crippen LogP contribution in [0, 0.1) is 0 Å². The van der Waals surface area contributed by atoms with Gasteiger partial charge in [-0.2, -0.15) is 11.8 Å². The highest BCUT2D eigenvalue weighted by Crippen LogP contribution is 2.22. The van der Waals surface area contributed by atoms with Crippen LogP contribution in [0.25, 0.3) is 0 Å². The monoisotopic (exact) mass is 235 g/mol. The highest BCUT2D eigenvalue weighted by atomic mass is 32.2. The van der Waals surface area contributed by atoms with Crippen molar-refractivity contribution in [1.82, 2.24) is 5.32 Å². The molecule has 1 aromatic rings. The van der Waals surface area contributed by atoms with Crippen LogP contribution in [0.5, 0.6) is 0 Å². The molecule has 1 atom stereocenters. The summed E-state index contributed by atoms with van der Waals surface area (Å²) >= 11 is 2.09. The van der Waals surface area contributed by atoms with E-state index in [9.17, 15) is 0 Å². The highest BCUT2D eigenvalue weighted by Gasteiger charge is 2.17. The number of benzene rings is 1. The summed E-state index contributed by atoms with van der Waals surface area (Å²) in [6.45, 7) is 2.27. The summed E-state index contributed by atoms with van der Waals surface area (Å²) in [6, 6.07) is 12.1. The Hall–Kier alpha value is -0.470. The van der Waals surface area contributed by atoms with Crippen LogP contribution in [0.1, 0.15) is 37.8 Å². The average molecular weight is 235 g/mol. The van der Waals surface area contributed by atoms with Crippen LogP contribution >= 0.6 is 11.8 Å². The molecule has 1 fully saturated rings. The van der Waals surface area contributed by atoms with E-state index < -0.39 is 0 Å². The Kier molecular flexibility index (Phi) is 4.73. The number of hydrogen-bond donors (Lipinski definition) is 1. The van der Waals surface area contributed by atoms with E-state index in [4.69, 9.17) is 0 Å². The number of thioether (sulfide) groups is 1. The van der Waals surface area contributed by atoms with E-state index in [1.54, 1.807) is 0 Å². The van der Waals surface area contributed by atoms with Crippen molar-refractivity contribution in [2.75, 3.05) is 11.5 Å². The minimum atomic E-state index is 0.536. The molecule has 16 heavy (non-hydrogen) atoms. The van der Waals surface area contributed by atoms with Crippen LogP contribution in [0.4, 0.5) is 0 Å². The van der Waals surface area contributed by atoms with E-state index in [1.807, 2.05) is 0 Å². The van der Waals surface area contributed by atoms with Crippen molar-refractivity contribution in [2.24, 2.45) is 0 Å². The van der Waals surface area contributed by atoms with Crippen molar-refractivity contribution in [2.45, 2.75) is 38.3 Å². The van der Waals surface area contributed by atoms with Crippen molar-refractivity contribution in [3.8, 4) is 0 Å². The van der Waals surface area contributed by atoms with Crippen molar-refractivity contribution < 1.29 is 0 Å². The molecule has 1 nitrogen and oxygen atoms in total. The zero-order valence-corrected chi connectivity index (χ0v) is 10.8. The molecule has 1 N–H and O–H groups in total. The maximum Gasteiger partial charge on any atom is 0.0320 e. The summed E-state index contributed by atoms with van der Waals surface area (Å²) in [4.78, 5) is 0. The van der Waals surface area contributed by atoms with Gasteiger partial charge in [0.05, 0.1) is 0 Å². The molecule has 0 amide bonds. The molecule has 2 heteroatoms. The van der Waals surface area contributed by atoms with Gasteiger partial charge in [-0.1, -0.05) is 37.3 Å². The Balaban J connectivity index is 1.94. The maximum atomic E-state index is 3.81. The van der Waals surface area contributed by atoms with Gasteiger partial charge in [0, 0.05) is 12.1 Å². The molecule has 0 saturated carbocycles. The lowest BCUT2D eigenvalue weighted by atomic mass is 10.0. The summed E-state index contributed by atoms with van der Waals surface area (Å²) in [5.74, 6) is 2.64. The SMILES string of the molecule is CCC(NC1CCSCC1)c1ccccc1. The summed E-state index contributed by atoms with van der Waals surface area (Å²) in [5.41, 5.74) is 1.43. The normalized spacial score (nSPS) is 19.6. The second-order valence-electron chi connectivity index (χ2n) is 4.42. The molecule has 1 heterocycles. The highest BCUT2D eigenvalue weighted by molar-refractivity contribution is 7.99. The van der Waals surface area contributed by atoms with Crippen molar-refractivity contribution in [3.63, 3.8) is 0 Å². The van der Waals surface area contributed by atoms with Crippen LogP contribution in [-0.4, -0.2) is 17.5 Å². The van der Waals surface area contributed by atoms with Gasteiger partial charge in [-0.05, 0) is 36.3 Å². The fourth-order valence-corrected chi connectivity index (χ4v) is 3.39. The van der Waals surface area contributed by atoms with Gasteiger partial charge in [-0.15, -0.1) is 0 Å². The van der Waals surface area contributed by atoms with E-state index >= 15 is 0 Å². The second kappa shape index (κ2) is 6.31. The summed E-state index contributed by atoms with van der Waals surface area (Å²) in [6.07, 6.45) is 3.83. The Morgan fingerprint density at radius 1 is 1.25 bits per heavy atom. The van der Waals surface area contributed by atoms with E-state index in [0.29, 0.717) is 6.04 Å². The average Bonchev–Trinajstić information content (AvgIpc) is 2.38. The lowest BCUT2D eigenvalue weighted by Gasteiger charge is -2.28. The van der Waals surface area contributed by atoms with Gasteiger partial charge in [0.1, 0.15) is 0 Å². The van der Waals surface area contributed by atoms with E-state index in [2.05, 4.69) is 54.3 Å². The van der Waals surface area contributed by atoms with Gasteiger partial charge in [0.15, 0.2) is 0 Å². The number of hydrogen-bond acceptors (Lipinski definition) is 2. The molecule has 0 spiro atoms. The summed E-state index contributed by atoms with van der Waals surface area (Å²) in [7, 11) is 0. The van der Waals surface area contributed by atoms with Crippen LogP contribution in [0.15, 0.2) is 30.3 Å². The Morgan fingerprint density at radius 2 is 1.94 bits per heavy atom. The van der Waals surface area contributed by atoms with Crippen LogP contribution in [-0.2, 0) is 0 Å². The largest absolute Gasteiger partial charge is 0.307 e. The first-order valence-electron chi connectivity index (χ1n) is 6.29. The standard InChI is InChI=1S/C14H21NS/c1-2-14(12-6-4-3-5-7-12)15-13-8-10-16-11-9-13/h3-7,13-15H,2,8-11H2,1H3. The number of nitrogens with one attached hydrogen (secondary N) is 1. The van der Waals surface area contributed by atoms with Crippen LogP contribution in [0.3, 0.4) is 0 Å². The Morgan fingerprint density at radius 3 is 2.56 bits per heavy atom. The molecule has 1 unspecified atom stereocenters. The molecule has 88 valence electrons. The minimum absolute atomic E-state index is 0.536. The van der Waals surface area contributed by atoms with Gasteiger partial charge < -0.3 is 5.32 Å². The van der Waals surface area contributed by atoms with Crippen LogP contribution in [0.2, 0.25) is 0 Å². The Bertz CT molecular complexity index is 293. The van der Waals surface area contributed by atoms with E-state index in [-0.39, 0.29) is 0 Å². The first kappa shape index (κ1) is 12.0. The fourth-order valence-electron chi connectivity index (χ4n) is 2.28. The Labute approximate surface area is 103 Å². The topological polar surface area (TPSA) is 12.0 Å². The molecule has 1 aromatic carbocycles. The molecular weight excluding hydrogens is 214 g/mol. The first-order valence-corrected chi connectivity index (χ1v) is 7.44. The predicted octanol–water partition coefficient (Wildman–Crippen LogP) is 3.62. The van der Waals surface area contributed by atoms with Crippen molar-refractivity contribution in [1.29, 1.82) is 0 Å². The molecule has 0 aliphatic carbocycles. The van der Waals surface area contributed by atoms with Gasteiger partial charge in [-0.25, -0.2) is 0 Å². The summed E-state index contributed by atoms with van der Waals surface area (Å²) < 4.78 is 0.